The molecule has 0 amide bonds. The van der Waals surface area contributed by atoms with Crippen molar-refractivity contribution >= 4 is 18.6 Å². The molecule has 0 aliphatic heterocycles. The van der Waals surface area contributed by atoms with Crippen LogP contribution in [0.15, 0.2) is 36.4 Å². The summed E-state index contributed by atoms with van der Waals surface area (Å²) in [6, 6.07) is 10.5. The maximum atomic E-state index is 11.4. The molecule has 6 nitrogen and oxygen atoms in total. The highest BCUT2D eigenvalue weighted by molar-refractivity contribution is 7.79. The number of thiol groups is 1. The van der Waals surface area contributed by atoms with Gasteiger partial charge in [-0.2, -0.15) is 12.6 Å². The minimum Gasteiger partial charge on any atom is -0.496 e. The number of nitrogens with two attached hydrogens (primary N) is 1. The van der Waals surface area contributed by atoms with Crippen LogP contribution in [0.25, 0.3) is 11.1 Å². The van der Waals surface area contributed by atoms with Crippen molar-refractivity contribution in [3.8, 4) is 22.6 Å². The number of rotatable bonds is 7. The van der Waals surface area contributed by atoms with Crippen LogP contribution in [0.3, 0.4) is 0 Å². The highest BCUT2D eigenvalue weighted by Gasteiger charge is 2.16. The van der Waals surface area contributed by atoms with Crippen molar-refractivity contribution in [1.82, 2.24) is 0 Å². The first-order valence-electron chi connectivity index (χ1n) is 8.27. The van der Waals surface area contributed by atoms with Crippen molar-refractivity contribution in [2.24, 2.45) is 5.73 Å². The Kier molecular flexibility index (Phi) is 9.71. The van der Waals surface area contributed by atoms with Crippen LogP contribution in [-0.4, -0.2) is 44.7 Å². The van der Waals surface area contributed by atoms with Gasteiger partial charge in [0.15, 0.2) is 0 Å². The molecule has 1 unspecified atom stereocenters. The van der Waals surface area contributed by atoms with Gasteiger partial charge >= 0.3 is 5.97 Å². The van der Waals surface area contributed by atoms with E-state index < -0.39 is 12.0 Å². The molecule has 0 spiro atoms. The summed E-state index contributed by atoms with van der Waals surface area (Å²) in [5.74, 6) is 0.789. The fourth-order valence-corrected chi connectivity index (χ4v) is 2.64. The fraction of sp³-hybridized carbons (Fsp3) is 0.350. The van der Waals surface area contributed by atoms with E-state index >= 15 is 0 Å². The van der Waals surface area contributed by atoms with Gasteiger partial charge in [0.2, 0.25) is 0 Å². The number of aliphatic hydroxyl groups is 1. The van der Waals surface area contributed by atoms with E-state index in [1.165, 1.54) is 7.11 Å². The lowest BCUT2D eigenvalue weighted by molar-refractivity contribution is -0.142. The Bertz CT molecular complexity index is 709. The third kappa shape index (κ3) is 5.89. The van der Waals surface area contributed by atoms with Crippen molar-refractivity contribution in [3.63, 3.8) is 0 Å². The SMILES string of the molecule is COC(=O)C(N)Cc1ccc(-c2c(OC)cc(CO)cc2OC)cc1.CS. The zero-order valence-electron chi connectivity index (χ0n) is 16.1. The molecular formula is C20H27NO5S. The summed E-state index contributed by atoms with van der Waals surface area (Å²) in [6.07, 6.45) is 2.09. The molecule has 2 aromatic carbocycles. The zero-order chi connectivity index (χ0) is 20.4. The summed E-state index contributed by atoms with van der Waals surface area (Å²) >= 11 is 3.53. The number of ether oxygens (including phenoxy) is 3. The summed E-state index contributed by atoms with van der Waals surface area (Å²) in [5.41, 5.74) is 9.12. The van der Waals surface area contributed by atoms with Crippen LogP contribution in [-0.2, 0) is 22.6 Å². The van der Waals surface area contributed by atoms with Crippen molar-refractivity contribution in [2.45, 2.75) is 19.1 Å². The van der Waals surface area contributed by atoms with Gasteiger partial charge in [-0.05, 0) is 41.5 Å². The quantitative estimate of drug-likeness (QED) is 0.494. The molecule has 0 fully saturated rings. The average molecular weight is 394 g/mol. The van der Waals surface area contributed by atoms with Gasteiger partial charge in [0.05, 0.1) is 33.5 Å². The van der Waals surface area contributed by atoms with Crippen LogP contribution < -0.4 is 15.2 Å². The molecule has 148 valence electrons. The largest absolute Gasteiger partial charge is 0.496 e. The molecule has 0 radical (unpaired) electrons. The minimum absolute atomic E-state index is 0.0998. The number of carbonyl (C=O) groups excluding carboxylic acids is 1. The number of esters is 1. The third-order valence-corrected chi connectivity index (χ3v) is 3.95. The lowest BCUT2D eigenvalue weighted by Crippen LogP contribution is -2.33. The molecule has 27 heavy (non-hydrogen) atoms. The number of aliphatic hydroxyl groups excluding tert-OH is 1. The van der Waals surface area contributed by atoms with E-state index in [1.807, 2.05) is 24.3 Å². The summed E-state index contributed by atoms with van der Waals surface area (Å²) in [5, 5.41) is 9.36. The summed E-state index contributed by atoms with van der Waals surface area (Å²) < 4.78 is 15.5. The second-order valence-corrected chi connectivity index (χ2v) is 5.56. The molecule has 0 bridgehead atoms. The minimum atomic E-state index is -0.691. The average Bonchev–Trinajstić information content (AvgIpc) is 2.73. The summed E-state index contributed by atoms with van der Waals surface area (Å²) in [7, 11) is 4.46. The maximum absolute atomic E-state index is 11.4. The standard InChI is InChI=1S/C19H23NO5.CH4S/c1-23-16-9-13(11-21)10-17(24-2)18(16)14-6-4-12(5-7-14)8-15(20)19(22)25-3;1-2/h4-7,9-10,15,21H,8,11,20H2,1-3H3;2H,1H3. The van der Waals surface area contributed by atoms with Gasteiger partial charge < -0.3 is 25.1 Å². The van der Waals surface area contributed by atoms with Crippen LogP contribution in [0.1, 0.15) is 11.1 Å². The van der Waals surface area contributed by atoms with E-state index in [0.717, 1.165) is 16.7 Å². The second-order valence-electron chi connectivity index (χ2n) is 5.56. The molecule has 2 rings (SSSR count). The Morgan fingerprint density at radius 1 is 1.04 bits per heavy atom. The molecule has 3 N–H and O–H groups in total. The number of hydrogen-bond acceptors (Lipinski definition) is 7. The predicted molar refractivity (Wildman–Crippen MR) is 110 cm³/mol. The molecule has 0 aliphatic carbocycles. The third-order valence-electron chi connectivity index (χ3n) is 3.95. The van der Waals surface area contributed by atoms with E-state index in [-0.39, 0.29) is 6.61 Å². The lowest BCUT2D eigenvalue weighted by Gasteiger charge is -2.16. The van der Waals surface area contributed by atoms with E-state index in [0.29, 0.717) is 23.5 Å². The molecule has 0 saturated carbocycles. The molecule has 0 saturated heterocycles. The summed E-state index contributed by atoms with van der Waals surface area (Å²) in [4.78, 5) is 11.4. The van der Waals surface area contributed by atoms with Crippen LogP contribution in [0, 0.1) is 0 Å². The topological polar surface area (TPSA) is 91.0 Å². The molecule has 2 aromatic rings. The van der Waals surface area contributed by atoms with Crippen molar-refractivity contribution in [2.75, 3.05) is 27.6 Å². The molecule has 0 aromatic heterocycles. The van der Waals surface area contributed by atoms with Crippen LogP contribution in [0.4, 0.5) is 0 Å². The Balaban J connectivity index is 0.00000176. The molecule has 1 atom stereocenters. The highest BCUT2D eigenvalue weighted by atomic mass is 32.1. The Morgan fingerprint density at radius 3 is 1.96 bits per heavy atom. The van der Waals surface area contributed by atoms with Crippen LogP contribution in [0.5, 0.6) is 11.5 Å². The molecule has 0 aliphatic rings. The molecule has 0 heterocycles. The number of methoxy groups -OCH3 is 3. The van der Waals surface area contributed by atoms with Crippen LogP contribution in [0.2, 0.25) is 0 Å². The number of benzene rings is 2. The normalized spacial score (nSPS) is 11.1. The predicted octanol–water partition coefficient (Wildman–Crippen LogP) is 2.45. The second kappa shape index (κ2) is 11.5. The van der Waals surface area contributed by atoms with E-state index in [2.05, 4.69) is 17.4 Å². The maximum Gasteiger partial charge on any atom is 0.322 e. The van der Waals surface area contributed by atoms with Gasteiger partial charge in [0.25, 0.3) is 0 Å². The van der Waals surface area contributed by atoms with Crippen molar-refractivity contribution in [3.05, 3.63) is 47.5 Å². The lowest BCUT2D eigenvalue weighted by atomic mass is 9.98. The first-order chi connectivity index (χ1) is 13.0. The Labute approximate surface area is 165 Å². The first kappa shape index (κ1) is 22.8. The Hall–Kier alpha value is -2.22. The summed E-state index contributed by atoms with van der Waals surface area (Å²) in [6.45, 7) is -0.0998. The van der Waals surface area contributed by atoms with E-state index in [1.54, 1.807) is 32.6 Å². The smallest absolute Gasteiger partial charge is 0.322 e. The van der Waals surface area contributed by atoms with E-state index in [9.17, 15) is 9.90 Å². The molecular weight excluding hydrogens is 366 g/mol. The molecule has 7 heteroatoms. The van der Waals surface area contributed by atoms with Gasteiger partial charge in [-0.15, -0.1) is 0 Å². The van der Waals surface area contributed by atoms with Crippen molar-refractivity contribution in [1.29, 1.82) is 0 Å². The van der Waals surface area contributed by atoms with Gasteiger partial charge in [-0.1, -0.05) is 24.3 Å². The zero-order valence-corrected chi connectivity index (χ0v) is 17.0. The Morgan fingerprint density at radius 2 is 1.56 bits per heavy atom. The fourth-order valence-electron chi connectivity index (χ4n) is 2.64. The number of carbonyl (C=O) groups is 1. The number of hydrogen-bond donors (Lipinski definition) is 3. The van der Waals surface area contributed by atoms with Crippen molar-refractivity contribution < 1.29 is 24.1 Å². The van der Waals surface area contributed by atoms with Crippen LogP contribution >= 0.6 is 12.6 Å². The van der Waals surface area contributed by atoms with Gasteiger partial charge in [-0.3, -0.25) is 4.79 Å². The first-order valence-corrected chi connectivity index (χ1v) is 9.16. The monoisotopic (exact) mass is 393 g/mol. The van der Waals surface area contributed by atoms with Gasteiger partial charge in [-0.25, -0.2) is 0 Å². The van der Waals surface area contributed by atoms with E-state index in [4.69, 9.17) is 15.2 Å². The van der Waals surface area contributed by atoms with Gasteiger partial charge in [0, 0.05) is 0 Å². The van der Waals surface area contributed by atoms with Gasteiger partial charge in [0.1, 0.15) is 17.5 Å². The highest BCUT2D eigenvalue weighted by Crippen LogP contribution is 2.39.